The van der Waals surface area contributed by atoms with E-state index in [2.05, 4.69) is 32.2 Å². The Morgan fingerprint density at radius 3 is 3.04 bits per heavy atom. The number of piperidine rings is 1. The molecular weight excluding hydrogens is 296 g/mol. The van der Waals surface area contributed by atoms with Crippen LogP contribution in [0.2, 0.25) is 0 Å². The van der Waals surface area contributed by atoms with Crippen LogP contribution >= 0.6 is 0 Å². The first-order chi connectivity index (χ1) is 11.1. The van der Waals surface area contributed by atoms with Crippen LogP contribution in [0.1, 0.15) is 66.6 Å². The summed E-state index contributed by atoms with van der Waals surface area (Å²) in [6.45, 7) is 5.91. The molecule has 1 fully saturated rings. The molecule has 2 atom stereocenters. The molecule has 3 heterocycles. The Bertz CT molecular complexity index is 679. The maximum Gasteiger partial charge on any atom is 0.269 e. The van der Waals surface area contributed by atoms with Crippen LogP contribution in [0.25, 0.3) is 0 Å². The van der Waals surface area contributed by atoms with Crippen LogP contribution in [-0.4, -0.2) is 44.3 Å². The number of carbonyl (C=O) groups excluding carboxylic acids is 1. The van der Waals surface area contributed by atoms with E-state index in [0.29, 0.717) is 17.7 Å². The number of aromatic nitrogens is 4. The largest absolute Gasteiger partial charge is 0.424 e. The summed E-state index contributed by atoms with van der Waals surface area (Å²) >= 11 is 0. The first-order valence-electron chi connectivity index (χ1n) is 8.00. The van der Waals surface area contributed by atoms with E-state index in [1.54, 1.807) is 6.07 Å². The lowest BCUT2D eigenvalue weighted by Crippen LogP contribution is -2.36. The maximum absolute atomic E-state index is 11.2. The molecule has 0 aliphatic carbocycles. The number of aryl methyl sites for hydroxylation is 1. The molecule has 1 aliphatic heterocycles. The van der Waals surface area contributed by atoms with Crippen molar-refractivity contribution in [3.63, 3.8) is 0 Å². The van der Waals surface area contributed by atoms with E-state index in [-0.39, 0.29) is 11.7 Å². The van der Waals surface area contributed by atoms with Gasteiger partial charge in [0.2, 0.25) is 11.8 Å². The fourth-order valence-corrected chi connectivity index (χ4v) is 3.02. The van der Waals surface area contributed by atoms with Gasteiger partial charge in [-0.05, 0) is 32.4 Å². The predicted octanol–water partition coefficient (Wildman–Crippen LogP) is 1.39. The fourth-order valence-electron chi connectivity index (χ4n) is 3.02. The van der Waals surface area contributed by atoms with Crippen molar-refractivity contribution in [1.29, 1.82) is 0 Å². The minimum atomic E-state index is -0.508. The van der Waals surface area contributed by atoms with Crippen molar-refractivity contribution in [2.75, 3.05) is 13.1 Å². The zero-order valence-electron chi connectivity index (χ0n) is 13.5. The third-order valence-electron chi connectivity index (χ3n) is 4.43. The van der Waals surface area contributed by atoms with Crippen LogP contribution in [0.4, 0.5) is 0 Å². The van der Waals surface area contributed by atoms with E-state index < -0.39 is 5.91 Å². The number of amides is 1. The van der Waals surface area contributed by atoms with Gasteiger partial charge in [-0.15, -0.1) is 10.2 Å². The summed E-state index contributed by atoms with van der Waals surface area (Å²) in [5.41, 5.74) is 6.51. The molecule has 1 aliphatic rings. The highest BCUT2D eigenvalue weighted by Crippen LogP contribution is 2.31. The van der Waals surface area contributed by atoms with Crippen molar-refractivity contribution in [3.8, 4) is 0 Å². The molecule has 2 aromatic rings. The Morgan fingerprint density at radius 2 is 2.39 bits per heavy atom. The van der Waals surface area contributed by atoms with Crippen LogP contribution in [0.3, 0.4) is 0 Å². The van der Waals surface area contributed by atoms with Crippen molar-refractivity contribution in [3.05, 3.63) is 29.2 Å². The van der Waals surface area contributed by atoms with Crippen LogP contribution in [0.15, 0.2) is 10.5 Å². The van der Waals surface area contributed by atoms with E-state index >= 15 is 0 Å². The van der Waals surface area contributed by atoms with Gasteiger partial charge in [0.15, 0.2) is 0 Å². The Kier molecular flexibility index (Phi) is 4.42. The summed E-state index contributed by atoms with van der Waals surface area (Å²) in [4.78, 5) is 13.5. The number of primary amides is 1. The summed E-state index contributed by atoms with van der Waals surface area (Å²) in [5.74, 6) is 1.11. The molecule has 2 aromatic heterocycles. The molecular formula is C15H22N6O2. The number of nitrogens with one attached hydrogen (secondary N) is 1. The second-order valence-corrected chi connectivity index (χ2v) is 5.97. The number of likely N-dealkylation sites (tertiary alicyclic amines) is 1. The molecule has 2 unspecified atom stereocenters. The fraction of sp³-hybridized carbons (Fsp3) is 0.600. The number of hydrogen-bond acceptors (Lipinski definition) is 6. The number of rotatable bonds is 5. The first-order valence-corrected chi connectivity index (χ1v) is 8.00. The molecule has 8 nitrogen and oxygen atoms in total. The Hall–Kier alpha value is -2.22. The summed E-state index contributed by atoms with van der Waals surface area (Å²) in [5, 5.41) is 15.1. The number of H-pyrrole nitrogens is 1. The van der Waals surface area contributed by atoms with Crippen LogP contribution < -0.4 is 5.73 Å². The third-order valence-corrected chi connectivity index (χ3v) is 4.43. The van der Waals surface area contributed by atoms with Crippen molar-refractivity contribution in [2.24, 2.45) is 5.73 Å². The molecule has 0 saturated carbocycles. The normalized spacial score (nSPS) is 20.5. The molecule has 23 heavy (non-hydrogen) atoms. The molecule has 3 N–H and O–H groups in total. The lowest BCUT2D eigenvalue weighted by molar-refractivity contribution is 0.0995. The van der Waals surface area contributed by atoms with Gasteiger partial charge in [0, 0.05) is 24.6 Å². The molecule has 1 amide bonds. The van der Waals surface area contributed by atoms with Gasteiger partial charge in [-0.2, -0.15) is 5.10 Å². The van der Waals surface area contributed by atoms with Gasteiger partial charge < -0.3 is 10.2 Å². The number of nitrogens with zero attached hydrogens (tertiary/aromatic N) is 4. The molecule has 1 saturated heterocycles. The van der Waals surface area contributed by atoms with Crippen molar-refractivity contribution >= 4 is 5.91 Å². The molecule has 0 radical (unpaired) electrons. The van der Waals surface area contributed by atoms with Gasteiger partial charge in [-0.3, -0.25) is 14.8 Å². The standard InChI is InChI=1S/C15H22N6O2/c1-3-13-19-20-15(23-13)9(2)21-6-4-5-10(8-21)11-7-12(14(16)22)18-17-11/h7,9-10H,3-6,8H2,1-2H3,(H2,16,22)(H,17,18). The number of hydrogen-bond donors (Lipinski definition) is 2. The number of carbonyl (C=O) groups is 1. The van der Waals surface area contributed by atoms with Crippen molar-refractivity contribution in [2.45, 2.75) is 45.1 Å². The average Bonchev–Trinajstić information content (AvgIpc) is 3.23. The minimum absolute atomic E-state index is 0.0733. The zero-order valence-corrected chi connectivity index (χ0v) is 13.5. The first kappa shape index (κ1) is 15.7. The van der Waals surface area contributed by atoms with E-state index in [0.717, 1.165) is 38.0 Å². The number of nitrogens with two attached hydrogens (primary N) is 1. The Balaban J connectivity index is 1.70. The highest BCUT2D eigenvalue weighted by molar-refractivity contribution is 5.90. The van der Waals surface area contributed by atoms with Gasteiger partial charge in [0.05, 0.1) is 6.04 Å². The second kappa shape index (κ2) is 6.49. The molecule has 3 rings (SSSR count). The Labute approximate surface area is 134 Å². The van der Waals surface area contributed by atoms with E-state index in [4.69, 9.17) is 10.2 Å². The van der Waals surface area contributed by atoms with Gasteiger partial charge in [0.1, 0.15) is 5.69 Å². The molecule has 0 aromatic carbocycles. The summed E-state index contributed by atoms with van der Waals surface area (Å²) < 4.78 is 5.68. The molecule has 0 spiro atoms. The SMILES string of the molecule is CCc1nnc(C(C)N2CCCC(c3cc(C(N)=O)n[nH]3)C2)o1. The molecule has 8 heteroatoms. The monoisotopic (exact) mass is 318 g/mol. The summed E-state index contributed by atoms with van der Waals surface area (Å²) in [7, 11) is 0. The van der Waals surface area contributed by atoms with Gasteiger partial charge >= 0.3 is 0 Å². The lowest BCUT2D eigenvalue weighted by atomic mass is 9.93. The maximum atomic E-state index is 11.2. The summed E-state index contributed by atoms with van der Waals surface area (Å²) in [6.07, 6.45) is 2.86. The van der Waals surface area contributed by atoms with Gasteiger partial charge in [0.25, 0.3) is 5.91 Å². The molecule has 124 valence electrons. The highest BCUT2D eigenvalue weighted by Gasteiger charge is 2.29. The number of aromatic amines is 1. The van der Waals surface area contributed by atoms with Crippen LogP contribution in [0.5, 0.6) is 0 Å². The quantitative estimate of drug-likeness (QED) is 0.861. The zero-order chi connectivity index (χ0) is 16.4. The third kappa shape index (κ3) is 3.26. The highest BCUT2D eigenvalue weighted by atomic mass is 16.4. The molecule has 0 bridgehead atoms. The average molecular weight is 318 g/mol. The lowest BCUT2D eigenvalue weighted by Gasteiger charge is -2.34. The van der Waals surface area contributed by atoms with E-state index in [1.165, 1.54) is 0 Å². The predicted molar refractivity (Wildman–Crippen MR) is 82.7 cm³/mol. The smallest absolute Gasteiger partial charge is 0.269 e. The van der Waals surface area contributed by atoms with Crippen LogP contribution in [-0.2, 0) is 6.42 Å². The van der Waals surface area contributed by atoms with E-state index in [9.17, 15) is 4.79 Å². The minimum Gasteiger partial charge on any atom is -0.424 e. The van der Waals surface area contributed by atoms with Gasteiger partial charge in [-0.1, -0.05) is 6.92 Å². The second-order valence-electron chi connectivity index (χ2n) is 5.97. The summed E-state index contributed by atoms with van der Waals surface area (Å²) in [6, 6.07) is 1.83. The topological polar surface area (TPSA) is 114 Å². The van der Waals surface area contributed by atoms with Crippen molar-refractivity contribution in [1.82, 2.24) is 25.3 Å². The van der Waals surface area contributed by atoms with E-state index in [1.807, 2.05) is 6.92 Å². The van der Waals surface area contributed by atoms with Gasteiger partial charge in [-0.25, -0.2) is 0 Å². The van der Waals surface area contributed by atoms with Crippen molar-refractivity contribution < 1.29 is 9.21 Å². The van der Waals surface area contributed by atoms with Crippen LogP contribution in [0, 0.1) is 0 Å². The Morgan fingerprint density at radius 1 is 1.57 bits per heavy atom.